The van der Waals surface area contributed by atoms with Gasteiger partial charge < -0.3 is 4.74 Å². The summed E-state index contributed by atoms with van der Waals surface area (Å²) in [4.78, 5) is 10.9. The standard InChI is InChI=1S/C11H18O2/c1-4-6-8-10(3)9-13-11(12)7-5-2/h4-5,7,10H,1,6,8-9H2,2-3H3. The molecule has 0 N–H and O–H groups in total. The smallest absolute Gasteiger partial charge is 0.330 e. The zero-order chi connectivity index (χ0) is 10.1. The van der Waals surface area contributed by atoms with Crippen LogP contribution in [0.5, 0.6) is 0 Å². The molecular weight excluding hydrogens is 164 g/mol. The maximum Gasteiger partial charge on any atom is 0.330 e. The normalized spacial score (nSPS) is 12.8. The molecule has 1 unspecified atom stereocenters. The largest absolute Gasteiger partial charge is 0.462 e. The Morgan fingerprint density at radius 3 is 2.85 bits per heavy atom. The number of esters is 1. The van der Waals surface area contributed by atoms with Crippen LogP contribution in [-0.4, -0.2) is 12.6 Å². The lowest BCUT2D eigenvalue weighted by atomic mass is 10.1. The average Bonchev–Trinajstić information content (AvgIpc) is 2.12. The Balaban J connectivity index is 3.50. The van der Waals surface area contributed by atoms with Crippen LogP contribution in [0.3, 0.4) is 0 Å². The molecule has 0 rings (SSSR count). The molecule has 0 aliphatic carbocycles. The second kappa shape index (κ2) is 7.59. The minimum atomic E-state index is -0.257. The maximum absolute atomic E-state index is 10.9. The summed E-state index contributed by atoms with van der Waals surface area (Å²) in [5, 5.41) is 0. The van der Waals surface area contributed by atoms with Crippen LogP contribution in [0, 0.1) is 5.92 Å². The quantitative estimate of drug-likeness (QED) is 0.358. The van der Waals surface area contributed by atoms with Gasteiger partial charge in [-0.3, -0.25) is 0 Å². The van der Waals surface area contributed by atoms with Gasteiger partial charge in [0.1, 0.15) is 0 Å². The Hall–Kier alpha value is -1.05. The molecular formula is C11H18O2. The van der Waals surface area contributed by atoms with E-state index in [0.717, 1.165) is 12.8 Å². The third-order valence-corrected chi connectivity index (χ3v) is 1.68. The molecule has 0 saturated heterocycles. The van der Waals surface area contributed by atoms with Crippen LogP contribution < -0.4 is 0 Å². The Kier molecular flexibility index (Phi) is 6.98. The topological polar surface area (TPSA) is 26.3 Å². The maximum atomic E-state index is 10.9. The predicted molar refractivity (Wildman–Crippen MR) is 54.4 cm³/mol. The fraction of sp³-hybridized carbons (Fsp3) is 0.545. The summed E-state index contributed by atoms with van der Waals surface area (Å²) in [6.07, 6.45) is 6.98. The van der Waals surface area contributed by atoms with Gasteiger partial charge in [-0.05, 0) is 25.7 Å². The summed E-state index contributed by atoms with van der Waals surface area (Å²) in [5.74, 6) is 0.153. The molecule has 2 nitrogen and oxygen atoms in total. The van der Waals surface area contributed by atoms with E-state index in [2.05, 4.69) is 13.5 Å². The van der Waals surface area contributed by atoms with E-state index in [4.69, 9.17) is 4.74 Å². The number of carbonyl (C=O) groups excluding carboxylic acids is 1. The molecule has 2 heteroatoms. The second-order valence-electron chi connectivity index (χ2n) is 3.10. The monoisotopic (exact) mass is 182 g/mol. The zero-order valence-electron chi connectivity index (χ0n) is 8.45. The van der Waals surface area contributed by atoms with Gasteiger partial charge >= 0.3 is 5.97 Å². The molecule has 0 aromatic heterocycles. The molecule has 74 valence electrons. The molecule has 1 atom stereocenters. The highest BCUT2D eigenvalue weighted by Gasteiger charge is 2.03. The van der Waals surface area contributed by atoms with Gasteiger partial charge in [-0.25, -0.2) is 4.79 Å². The van der Waals surface area contributed by atoms with Crippen molar-refractivity contribution in [3.05, 3.63) is 24.8 Å². The highest BCUT2D eigenvalue weighted by Crippen LogP contribution is 2.06. The van der Waals surface area contributed by atoms with E-state index in [0.29, 0.717) is 12.5 Å². The fourth-order valence-corrected chi connectivity index (χ4v) is 0.894. The van der Waals surface area contributed by atoms with Crippen LogP contribution in [-0.2, 0) is 9.53 Å². The molecule has 0 aromatic carbocycles. The van der Waals surface area contributed by atoms with Crippen molar-refractivity contribution in [2.45, 2.75) is 26.7 Å². The molecule has 0 fully saturated rings. The molecule has 0 amide bonds. The van der Waals surface area contributed by atoms with Gasteiger partial charge in [0.15, 0.2) is 0 Å². The van der Waals surface area contributed by atoms with Crippen LogP contribution in [0.4, 0.5) is 0 Å². The van der Waals surface area contributed by atoms with Crippen LogP contribution in [0.25, 0.3) is 0 Å². The Labute approximate surface area is 80.3 Å². The minimum Gasteiger partial charge on any atom is -0.462 e. The third kappa shape index (κ3) is 7.32. The molecule has 13 heavy (non-hydrogen) atoms. The first-order valence-corrected chi connectivity index (χ1v) is 4.61. The van der Waals surface area contributed by atoms with Crippen LogP contribution in [0.15, 0.2) is 24.8 Å². The van der Waals surface area contributed by atoms with E-state index in [9.17, 15) is 4.79 Å². The van der Waals surface area contributed by atoms with Gasteiger partial charge in [0.25, 0.3) is 0 Å². The van der Waals surface area contributed by atoms with E-state index < -0.39 is 0 Å². The molecule has 0 aliphatic heterocycles. The first kappa shape index (κ1) is 11.9. The van der Waals surface area contributed by atoms with Crippen LogP contribution in [0.1, 0.15) is 26.7 Å². The van der Waals surface area contributed by atoms with E-state index in [1.54, 1.807) is 13.0 Å². The van der Waals surface area contributed by atoms with Crippen molar-refractivity contribution >= 4 is 5.97 Å². The average molecular weight is 182 g/mol. The van der Waals surface area contributed by atoms with E-state index in [1.165, 1.54) is 6.08 Å². The first-order chi connectivity index (χ1) is 6.20. The van der Waals surface area contributed by atoms with Crippen molar-refractivity contribution in [3.8, 4) is 0 Å². The number of hydrogen-bond donors (Lipinski definition) is 0. The van der Waals surface area contributed by atoms with Crippen LogP contribution >= 0.6 is 0 Å². The van der Waals surface area contributed by atoms with Crippen molar-refractivity contribution in [2.24, 2.45) is 5.92 Å². The predicted octanol–water partition coefficient (Wildman–Crippen LogP) is 2.71. The van der Waals surface area contributed by atoms with Crippen molar-refractivity contribution in [3.63, 3.8) is 0 Å². The summed E-state index contributed by atoms with van der Waals surface area (Å²) in [6.45, 7) is 7.99. The Morgan fingerprint density at radius 2 is 2.31 bits per heavy atom. The summed E-state index contributed by atoms with van der Waals surface area (Å²) < 4.78 is 4.98. The van der Waals surface area contributed by atoms with Crippen molar-refractivity contribution in [1.29, 1.82) is 0 Å². The molecule has 0 saturated carbocycles. The number of hydrogen-bond acceptors (Lipinski definition) is 2. The number of carbonyl (C=O) groups is 1. The Morgan fingerprint density at radius 1 is 1.62 bits per heavy atom. The van der Waals surface area contributed by atoms with Gasteiger partial charge in [-0.2, -0.15) is 0 Å². The third-order valence-electron chi connectivity index (χ3n) is 1.68. The van der Waals surface area contributed by atoms with Gasteiger partial charge in [0, 0.05) is 6.08 Å². The summed E-state index contributed by atoms with van der Waals surface area (Å²) in [7, 11) is 0. The summed E-state index contributed by atoms with van der Waals surface area (Å²) >= 11 is 0. The second-order valence-corrected chi connectivity index (χ2v) is 3.10. The van der Waals surface area contributed by atoms with Crippen molar-refractivity contribution in [2.75, 3.05) is 6.61 Å². The highest BCUT2D eigenvalue weighted by molar-refractivity contribution is 5.81. The van der Waals surface area contributed by atoms with Gasteiger partial charge in [0.05, 0.1) is 6.61 Å². The van der Waals surface area contributed by atoms with Crippen LogP contribution in [0.2, 0.25) is 0 Å². The Bertz CT molecular complexity index is 183. The van der Waals surface area contributed by atoms with Gasteiger partial charge in [-0.1, -0.05) is 19.1 Å². The molecule has 0 bridgehead atoms. The lowest BCUT2D eigenvalue weighted by molar-refractivity contribution is -0.139. The lowest BCUT2D eigenvalue weighted by Crippen LogP contribution is -2.09. The summed E-state index contributed by atoms with van der Waals surface area (Å²) in [6, 6.07) is 0. The molecule has 0 radical (unpaired) electrons. The number of ether oxygens (including phenoxy) is 1. The molecule has 0 spiro atoms. The number of rotatable bonds is 6. The van der Waals surface area contributed by atoms with E-state index >= 15 is 0 Å². The van der Waals surface area contributed by atoms with Gasteiger partial charge in [0.2, 0.25) is 0 Å². The molecule has 0 aliphatic rings. The summed E-state index contributed by atoms with van der Waals surface area (Å²) in [5.41, 5.74) is 0. The fourth-order valence-electron chi connectivity index (χ4n) is 0.894. The molecule has 0 aromatic rings. The highest BCUT2D eigenvalue weighted by atomic mass is 16.5. The van der Waals surface area contributed by atoms with Gasteiger partial charge in [-0.15, -0.1) is 6.58 Å². The lowest BCUT2D eigenvalue weighted by Gasteiger charge is -2.09. The number of allylic oxidation sites excluding steroid dienone is 2. The van der Waals surface area contributed by atoms with Crippen molar-refractivity contribution < 1.29 is 9.53 Å². The van der Waals surface area contributed by atoms with E-state index in [-0.39, 0.29) is 5.97 Å². The SMILES string of the molecule is C=CCCC(C)COC(=O)C=CC. The zero-order valence-corrected chi connectivity index (χ0v) is 8.45. The minimum absolute atomic E-state index is 0.257. The van der Waals surface area contributed by atoms with E-state index in [1.807, 2.05) is 6.08 Å². The molecule has 0 heterocycles. The van der Waals surface area contributed by atoms with Crippen molar-refractivity contribution in [1.82, 2.24) is 0 Å². The first-order valence-electron chi connectivity index (χ1n) is 4.61.